The molecule has 1 heterocycles. The molecule has 4 rings (SSSR count). The summed E-state index contributed by atoms with van der Waals surface area (Å²) in [5.74, 6) is 1.30. The molecule has 1 unspecified atom stereocenters. The highest BCUT2D eigenvalue weighted by Crippen LogP contribution is 2.46. The molecule has 0 amide bonds. The van der Waals surface area contributed by atoms with Gasteiger partial charge in [0.1, 0.15) is 16.4 Å². The van der Waals surface area contributed by atoms with E-state index in [1.807, 2.05) is 66.9 Å². The van der Waals surface area contributed by atoms with Gasteiger partial charge in [-0.2, -0.15) is 4.31 Å². The van der Waals surface area contributed by atoms with Crippen LogP contribution < -0.4 is 14.4 Å². The molecular formula is C29H36N2O4S2. The van der Waals surface area contributed by atoms with Crippen LogP contribution in [0.5, 0.6) is 11.5 Å². The maximum Gasteiger partial charge on any atom is 0.246 e. The number of anilines is 2. The van der Waals surface area contributed by atoms with E-state index in [2.05, 4.69) is 18.7 Å². The van der Waals surface area contributed by atoms with Crippen molar-refractivity contribution in [3.63, 3.8) is 0 Å². The largest absolute Gasteiger partial charge is 0.497 e. The van der Waals surface area contributed by atoms with E-state index in [0.29, 0.717) is 18.0 Å². The number of unbranched alkanes of at least 4 members (excludes halogenated alkanes) is 1. The highest BCUT2D eigenvalue weighted by atomic mass is 32.2. The van der Waals surface area contributed by atoms with Gasteiger partial charge in [-0.1, -0.05) is 50.1 Å². The molecule has 0 aromatic heterocycles. The summed E-state index contributed by atoms with van der Waals surface area (Å²) in [6.07, 6.45) is 4.62. The smallest absolute Gasteiger partial charge is 0.246 e. The summed E-state index contributed by atoms with van der Waals surface area (Å²) in [7, 11) is -0.689. The predicted molar refractivity (Wildman–Crippen MR) is 152 cm³/mol. The van der Waals surface area contributed by atoms with Crippen molar-refractivity contribution >= 4 is 33.2 Å². The summed E-state index contributed by atoms with van der Waals surface area (Å²) in [4.78, 5) is 3.33. The highest BCUT2D eigenvalue weighted by Gasteiger charge is 2.46. The van der Waals surface area contributed by atoms with Crippen molar-refractivity contribution in [2.45, 2.75) is 55.0 Å². The van der Waals surface area contributed by atoms with Crippen LogP contribution in [0.1, 0.15) is 38.7 Å². The van der Waals surface area contributed by atoms with E-state index in [9.17, 15) is 8.42 Å². The number of fused-ring (bicyclic) bond motifs is 1. The van der Waals surface area contributed by atoms with E-state index in [-0.39, 0.29) is 11.4 Å². The summed E-state index contributed by atoms with van der Waals surface area (Å²) >= 11 is 1.55. The summed E-state index contributed by atoms with van der Waals surface area (Å²) in [6.45, 7) is 5.01. The van der Waals surface area contributed by atoms with Gasteiger partial charge in [0.25, 0.3) is 0 Å². The molecule has 198 valence electrons. The quantitative estimate of drug-likeness (QED) is 0.281. The SMILES string of the molecule is CCCCC1(C)CN(c2ccccc2)c2cc(SC)c(OC)cc2S(=O)(=O)N1Cc1ccc(OC)cc1. The number of methoxy groups -OCH3 is 2. The molecule has 6 nitrogen and oxygen atoms in total. The van der Waals surface area contributed by atoms with Crippen molar-refractivity contribution in [2.75, 3.05) is 31.9 Å². The third-order valence-electron chi connectivity index (χ3n) is 7.05. The van der Waals surface area contributed by atoms with Gasteiger partial charge in [-0.25, -0.2) is 8.42 Å². The maximum atomic E-state index is 14.6. The van der Waals surface area contributed by atoms with Gasteiger partial charge in [0.15, 0.2) is 0 Å². The van der Waals surface area contributed by atoms with Crippen molar-refractivity contribution < 1.29 is 17.9 Å². The van der Waals surface area contributed by atoms with Gasteiger partial charge in [-0.05, 0) is 55.5 Å². The minimum Gasteiger partial charge on any atom is -0.497 e. The van der Waals surface area contributed by atoms with Gasteiger partial charge in [0.05, 0.1) is 30.3 Å². The predicted octanol–water partition coefficient (Wildman–Crippen LogP) is 6.72. The zero-order valence-corrected chi connectivity index (χ0v) is 23.9. The summed E-state index contributed by atoms with van der Waals surface area (Å²) in [5, 5.41) is 0. The Morgan fingerprint density at radius 2 is 1.70 bits per heavy atom. The van der Waals surface area contributed by atoms with Gasteiger partial charge < -0.3 is 14.4 Å². The standard InChI is InChI=1S/C29H36N2O4S2/c1-6-7-17-29(2)21-30(23-11-9-8-10-12-23)25-18-27(36-5)26(35-4)19-28(25)37(32,33)31(29)20-22-13-15-24(34-3)16-14-22/h8-16,18-19H,6-7,17,20-21H2,1-5H3. The van der Waals surface area contributed by atoms with Crippen molar-refractivity contribution in [1.29, 1.82) is 0 Å². The molecule has 3 aromatic rings. The van der Waals surface area contributed by atoms with Crippen LogP contribution >= 0.6 is 11.8 Å². The van der Waals surface area contributed by atoms with Gasteiger partial charge >= 0.3 is 0 Å². The first-order valence-electron chi connectivity index (χ1n) is 12.5. The van der Waals surface area contributed by atoms with Gasteiger partial charge in [0.2, 0.25) is 10.0 Å². The molecule has 0 N–H and O–H groups in total. The molecule has 0 spiro atoms. The lowest BCUT2D eigenvalue weighted by atomic mass is 9.92. The van der Waals surface area contributed by atoms with E-state index in [1.165, 1.54) is 0 Å². The van der Waals surface area contributed by atoms with Crippen molar-refractivity contribution in [1.82, 2.24) is 4.31 Å². The second-order valence-corrected chi connectivity index (χ2v) is 12.2. The lowest BCUT2D eigenvalue weighted by Gasteiger charge is -2.41. The van der Waals surface area contributed by atoms with E-state index >= 15 is 0 Å². The van der Waals surface area contributed by atoms with Gasteiger partial charge in [0, 0.05) is 24.8 Å². The van der Waals surface area contributed by atoms with E-state index < -0.39 is 15.6 Å². The second kappa shape index (κ2) is 11.4. The molecule has 1 aliphatic rings. The molecule has 0 radical (unpaired) electrons. The van der Waals surface area contributed by atoms with Crippen LogP contribution in [0.2, 0.25) is 0 Å². The number of nitrogens with zero attached hydrogens (tertiary/aromatic N) is 2. The topological polar surface area (TPSA) is 59.1 Å². The highest BCUT2D eigenvalue weighted by molar-refractivity contribution is 7.98. The molecular weight excluding hydrogens is 504 g/mol. The Labute approximate surface area is 225 Å². The molecule has 1 aliphatic heterocycles. The molecule has 37 heavy (non-hydrogen) atoms. The molecule has 0 fully saturated rings. The lowest BCUT2D eigenvalue weighted by molar-refractivity contribution is 0.191. The summed E-state index contributed by atoms with van der Waals surface area (Å²) in [6, 6.07) is 21.3. The monoisotopic (exact) mass is 540 g/mol. The number of hydrogen-bond acceptors (Lipinski definition) is 6. The van der Waals surface area contributed by atoms with E-state index in [1.54, 1.807) is 36.4 Å². The van der Waals surface area contributed by atoms with Crippen molar-refractivity contribution in [3.8, 4) is 11.5 Å². The van der Waals surface area contributed by atoms with Crippen molar-refractivity contribution in [3.05, 3.63) is 72.3 Å². The zero-order valence-electron chi connectivity index (χ0n) is 22.2. The first-order chi connectivity index (χ1) is 17.8. The number of sulfonamides is 1. The zero-order chi connectivity index (χ0) is 26.6. The summed E-state index contributed by atoms with van der Waals surface area (Å²) < 4.78 is 41.8. The third kappa shape index (κ3) is 5.47. The minimum atomic E-state index is -3.90. The lowest BCUT2D eigenvalue weighted by Crippen LogP contribution is -2.53. The Morgan fingerprint density at radius 1 is 1.00 bits per heavy atom. The maximum absolute atomic E-state index is 14.6. The van der Waals surface area contributed by atoms with Crippen LogP contribution in [0.4, 0.5) is 11.4 Å². The van der Waals surface area contributed by atoms with E-state index in [0.717, 1.165) is 41.2 Å². The Bertz CT molecular complexity index is 1310. The molecule has 0 saturated carbocycles. The second-order valence-electron chi connectivity index (χ2n) is 9.56. The first-order valence-corrected chi connectivity index (χ1v) is 15.2. The van der Waals surface area contributed by atoms with Gasteiger partial charge in [-0.15, -0.1) is 11.8 Å². The molecule has 0 bridgehead atoms. The number of hydrogen-bond donors (Lipinski definition) is 0. The molecule has 3 aromatic carbocycles. The third-order valence-corrected chi connectivity index (χ3v) is 9.84. The number of benzene rings is 3. The van der Waals surface area contributed by atoms with Crippen LogP contribution in [0, 0.1) is 0 Å². The summed E-state index contributed by atoms with van der Waals surface area (Å²) in [5.41, 5.74) is 1.90. The van der Waals surface area contributed by atoms with Crippen LogP contribution in [-0.4, -0.2) is 45.3 Å². The number of para-hydroxylation sites is 1. The number of ether oxygens (including phenoxy) is 2. The van der Waals surface area contributed by atoms with Crippen molar-refractivity contribution in [2.24, 2.45) is 0 Å². The average molecular weight is 541 g/mol. The molecule has 8 heteroatoms. The van der Waals surface area contributed by atoms with Crippen LogP contribution in [0.15, 0.2) is 76.5 Å². The Balaban J connectivity index is 1.96. The fourth-order valence-corrected chi connectivity index (χ4v) is 7.50. The fraction of sp³-hybridized carbons (Fsp3) is 0.379. The first kappa shape index (κ1) is 27.4. The normalized spacial score (nSPS) is 19.2. The molecule has 1 atom stereocenters. The minimum absolute atomic E-state index is 0.264. The molecule has 0 saturated heterocycles. The van der Waals surface area contributed by atoms with Crippen LogP contribution in [0.3, 0.4) is 0 Å². The van der Waals surface area contributed by atoms with Crippen LogP contribution in [-0.2, 0) is 16.6 Å². The number of thioether (sulfide) groups is 1. The number of rotatable bonds is 9. The van der Waals surface area contributed by atoms with Crippen LogP contribution in [0.25, 0.3) is 0 Å². The Kier molecular flexibility index (Phi) is 8.41. The fourth-order valence-electron chi connectivity index (χ4n) is 4.95. The van der Waals surface area contributed by atoms with E-state index in [4.69, 9.17) is 9.47 Å². The molecule has 0 aliphatic carbocycles. The average Bonchev–Trinajstić information content (AvgIpc) is 2.99. The van der Waals surface area contributed by atoms with Gasteiger partial charge in [-0.3, -0.25) is 0 Å². The Hall–Kier alpha value is -2.68. The Morgan fingerprint density at radius 3 is 2.30 bits per heavy atom.